The number of hydrogen-bond acceptors (Lipinski definition) is 4. The molecule has 1 saturated heterocycles. The van der Waals surface area contributed by atoms with Crippen LogP contribution in [0.15, 0.2) is 18.2 Å². The number of nitrogens with one attached hydrogen (secondary N) is 1. The normalized spacial score (nSPS) is 23.6. The second-order valence-corrected chi connectivity index (χ2v) is 5.92. The van der Waals surface area contributed by atoms with Gasteiger partial charge in [0.05, 0.1) is 11.0 Å². The zero-order valence-corrected chi connectivity index (χ0v) is 10.4. The van der Waals surface area contributed by atoms with Gasteiger partial charge in [-0.25, -0.2) is 4.39 Å². The summed E-state index contributed by atoms with van der Waals surface area (Å²) in [5.41, 5.74) is 0.135. The van der Waals surface area contributed by atoms with Gasteiger partial charge in [0, 0.05) is 40.1 Å². The van der Waals surface area contributed by atoms with Gasteiger partial charge in [-0.2, -0.15) is 0 Å². The molecular weight excluding hydrogens is 259 g/mol. The van der Waals surface area contributed by atoms with Crippen LogP contribution in [0.25, 0.3) is 0 Å². The molecule has 98 valence electrons. The van der Waals surface area contributed by atoms with Crippen molar-refractivity contribution in [3.05, 3.63) is 34.1 Å². The van der Waals surface area contributed by atoms with Gasteiger partial charge < -0.3 is 5.32 Å². The number of non-ortho nitro benzene ring substituents is 1. The van der Waals surface area contributed by atoms with Crippen molar-refractivity contribution >= 4 is 22.2 Å². The molecule has 0 aliphatic carbocycles. The molecule has 1 aliphatic rings. The summed E-state index contributed by atoms with van der Waals surface area (Å²) in [6.45, 7) is 0. The number of rotatable bonds is 3. The lowest BCUT2D eigenvalue weighted by Crippen LogP contribution is -2.29. The van der Waals surface area contributed by atoms with E-state index in [9.17, 15) is 18.7 Å². The average molecular weight is 272 g/mol. The van der Waals surface area contributed by atoms with Crippen molar-refractivity contribution in [1.29, 1.82) is 0 Å². The van der Waals surface area contributed by atoms with Crippen molar-refractivity contribution in [3.63, 3.8) is 0 Å². The summed E-state index contributed by atoms with van der Waals surface area (Å²) in [4.78, 5) is 9.99. The molecule has 1 aromatic rings. The minimum absolute atomic E-state index is 0.101. The van der Waals surface area contributed by atoms with Crippen LogP contribution in [0.2, 0.25) is 0 Å². The summed E-state index contributed by atoms with van der Waals surface area (Å²) in [6, 6.07) is 3.54. The van der Waals surface area contributed by atoms with Crippen LogP contribution in [-0.2, 0) is 10.8 Å². The van der Waals surface area contributed by atoms with E-state index in [0.29, 0.717) is 17.2 Å². The lowest BCUT2D eigenvalue weighted by molar-refractivity contribution is -0.385. The summed E-state index contributed by atoms with van der Waals surface area (Å²) in [5, 5.41) is 13.7. The van der Waals surface area contributed by atoms with Gasteiger partial charge in [-0.3, -0.25) is 14.3 Å². The molecule has 0 amide bonds. The minimum Gasteiger partial charge on any atom is -0.382 e. The highest BCUT2D eigenvalue weighted by Gasteiger charge is 2.18. The van der Waals surface area contributed by atoms with E-state index in [-0.39, 0.29) is 11.7 Å². The molecule has 18 heavy (non-hydrogen) atoms. The first-order valence-electron chi connectivity index (χ1n) is 5.61. The van der Waals surface area contributed by atoms with E-state index in [1.165, 1.54) is 12.1 Å². The monoisotopic (exact) mass is 272 g/mol. The number of benzene rings is 1. The van der Waals surface area contributed by atoms with Crippen LogP contribution in [0.3, 0.4) is 0 Å². The Morgan fingerprint density at radius 2 is 2.00 bits per heavy atom. The average Bonchev–Trinajstić information content (AvgIpc) is 2.31. The topological polar surface area (TPSA) is 72.2 Å². The van der Waals surface area contributed by atoms with Crippen molar-refractivity contribution in [2.45, 2.75) is 18.9 Å². The molecule has 1 heterocycles. The predicted octanol–water partition coefficient (Wildman–Crippen LogP) is 2.06. The third-order valence-corrected chi connectivity index (χ3v) is 4.23. The molecule has 5 nitrogen and oxygen atoms in total. The Balaban J connectivity index is 2.09. The molecule has 0 radical (unpaired) electrons. The Kier molecular flexibility index (Phi) is 3.90. The molecule has 0 atom stereocenters. The van der Waals surface area contributed by atoms with E-state index < -0.39 is 21.5 Å². The van der Waals surface area contributed by atoms with Crippen LogP contribution in [0.1, 0.15) is 12.8 Å². The number of nitro groups is 1. The van der Waals surface area contributed by atoms with Crippen LogP contribution in [0.5, 0.6) is 0 Å². The number of halogens is 1. The highest BCUT2D eigenvalue weighted by Crippen LogP contribution is 2.22. The third-order valence-electron chi connectivity index (χ3n) is 2.85. The van der Waals surface area contributed by atoms with Crippen LogP contribution in [-0.4, -0.2) is 26.7 Å². The van der Waals surface area contributed by atoms with Crippen molar-refractivity contribution in [2.75, 3.05) is 16.8 Å². The highest BCUT2D eigenvalue weighted by atomic mass is 32.2. The zero-order chi connectivity index (χ0) is 13.1. The van der Waals surface area contributed by atoms with Crippen molar-refractivity contribution in [2.24, 2.45) is 0 Å². The highest BCUT2D eigenvalue weighted by molar-refractivity contribution is 7.85. The largest absolute Gasteiger partial charge is 0.382 e. The van der Waals surface area contributed by atoms with Gasteiger partial charge in [0.15, 0.2) is 0 Å². The first kappa shape index (κ1) is 12.9. The van der Waals surface area contributed by atoms with Crippen molar-refractivity contribution in [3.8, 4) is 0 Å². The van der Waals surface area contributed by atoms with E-state index in [2.05, 4.69) is 5.32 Å². The Morgan fingerprint density at radius 1 is 1.33 bits per heavy atom. The third kappa shape index (κ3) is 3.25. The Hall–Kier alpha value is -1.50. The first-order valence-corrected chi connectivity index (χ1v) is 7.10. The molecule has 0 bridgehead atoms. The van der Waals surface area contributed by atoms with E-state index in [0.717, 1.165) is 18.9 Å². The second kappa shape index (κ2) is 5.43. The maximum absolute atomic E-state index is 13.2. The smallest absolute Gasteiger partial charge is 0.274 e. The minimum atomic E-state index is -0.757. The van der Waals surface area contributed by atoms with E-state index in [1.54, 1.807) is 0 Å². The lowest BCUT2D eigenvalue weighted by Gasteiger charge is -2.23. The van der Waals surface area contributed by atoms with Gasteiger partial charge in [0.2, 0.25) is 0 Å². The van der Waals surface area contributed by atoms with Gasteiger partial charge in [0.25, 0.3) is 5.69 Å². The quantitative estimate of drug-likeness (QED) is 0.675. The predicted molar refractivity (Wildman–Crippen MR) is 67.6 cm³/mol. The standard InChI is InChI=1S/C11H13FN2O3S/c12-8-5-10(7-11(6-8)14(15)16)13-9-1-3-18(17)4-2-9/h5-7,9,13H,1-4H2. The molecule has 1 N–H and O–H groups in total. The van der Waals surface area contributed by atoms with Gasteiger partial charge >= 0.3 is 0 Å². The van der Waals surface area contributed by atoms with E-state index >= 15 is 0 Å². The maximum Gasteiger partial charge on any atom is 0.274 e. The molecule has 0 saturated carbocycles. The fraction of sp³-hybridized carbons (Fsp3) is 0.455. The number of nitrogens with zero attached hydrogens (tertiary/aromatic N) is 1. The SMILES string of the molecule is O=[N+]([O-])c1cc(F)cc(NC2CCS(=O)CC2)c1. The fourth-order valence-corrected chi connectivity index (χ4v) is 3.24. The van der Waals surface area contributed by atoms with Crippen LogP contribution in [0.4, 0.5) is 15.8 Å². The van der Waals surface area contributed by atoms with Gasteiger partial charge in [-0.05, 0) is 18.9 Å². The van der Waals surface area contributed by atoms with E-state index in [4.69, 9.17) is 0 Å². The van der Waals surface area contributed by atoms with Gasteiger partial charge in [0.1, 0.15) is 5.82 Å². The number of nitro benzene ring substituents is 1. The molecular formula is C11H13FN2O3S. The summed E-state index contributed by atoms with van der Waals surface area (Å²) in [5.74, 6) is 0.607. The Morgan fingerprint density at radius 3 is 2.61 bits per heavy atom. The molecule has 0 spiro atoms. The Labute approximate surface area is 106 Å². The Bertz CT molecular complexity index is 485. The van der Waals surface area contributed by atoms with Crippen LogP contribution < -0.4 is 5.32 Å². The van der Waals surface area contributed by atoms with Crippen molar-refractivity contribution < 1.29 is 13.5 Å². The summed E-state index contributed by atoms with van der Waals surface area (Å²) < 4.78 is 24.4. The molecule has 2 rings (SSSR count). The molecule has 1 aromatic carbocycles. The van der Waals surface area contributed by atoms with Crippen LogP contribution in [0, 0.1) is 15.9 Å². The summed E-state index contributed by atoms with van der Waals surface area (Å²) in [6.07, 6.45) is 1.47. The maximum atomic E-state index is 13.2. The zero-order valence-electron chi connectivity index (χ0n) is 9.60. The fourth-order valence-electron chi connectivity index (χ4n) is 1.94. The lowest BCUT2D eigenvalue weighted by atomic mass is 10.1. The first-order chi connectivity index (χ1) is 8.54. The molecule has 0 aromatic heterocycles. The van der Waals surface area contributed by atoms with E-state index in [1.807, 2.05) is 0 Å². The number of hydrogen-bond donors (Lipinski definition) is 1. The molecule has 7 heteroatoms. The molecule has 1 fully saturated rings. The van der Waals surface area contributed by atoms with Crippen LogP contribution >= 0.6 is 0 Å². The summed E-state index contributed by atoms with van der Waals surface area (Å²) >= 11 is 0. The second-order valence-electron chi connectivity index (χ2n) is 4.22. The summed E-state index contributed by atoms with van der Waals surface area (Å²) in [7, 11) is -0.757. The molecule has 1 aliphatic heterocycles. The van der Waals surface area contributed by atoms with Gasteiger partial charge in [-0.15, -0.1) is 0 Å². The van der Waals surface area contributed by atoms with Gasteiger partial charge in [-0.1, -0.05) is 0 Å². The van der Waals surface area contributed by atoms with Crippen molar-refractivity contribution in [1.82, 2.24) is 0 Å². The molecule has 0 unspecified atom stereocenters. The number of anilines is 1.